The predicted octanol–water partition coefficient (Wildman–Crippen LogP) is 3.29. The van der Waals surface area contributed by atoms with Gasteiger partial charge in [0.1, 0.15) is 5.82 Å². The summed E-state index contributed by atoms with van der Waals surface area (Å²) >= 11 is 0. The molecule has 0 saturated heterocycles. The molecule has 2 aromatic heterocycles. The number of para-hydroxylation sites is 2. The third-order valence-electron chi connectivity index (χ3n) is 5.06. The lowest BCUT2D eigenvalue weighted by atomic mass is 10.2. The van der Waals surface area contributed by atoms with Crippen LogP contribution in [0.1, 0.15) is 17.8 Å². The van der Waals surface area contributed by atoms with E-state index in [0.29, 0.717) is 6.54 Å². The number of benzene rings is 2. The number of nitrogens with zero attached hydrogens (tertiary/aromatic N) is 5. The van der Waals surface area contributed by atoms with Crippen molar-refractivity contribution in [1.82, 2.24) is 30.0 Å². The van der Waals surface area contributed by atoms with Crippen molar-refractivity contribution in [1.29, 1.82) is 0 Å². The maximum atomic E-state index is 4.63. The van der Waals surface area contributed by atoms with Gasteiger partial charge in [-0.2, -0.15) is 5.10 Å². The number of aryl methyl sites for hydroxylation is 2. The number of aliphatic imine (C=N–C) groups is 1. The highest BCUT2D eigenvalue weighted by atomic mass is 15.3. The Hall–Kier alpha value is -3.61. The Morgan fingerprint density at radius 1 is 1.07 bits per heavy atom. The molecule has 0 spiro atoms. The number of fused-ring (bicyclic) bond motifs is 1. The fourth-order valence-electron chi connectivity index (χ4n) is 3.56. The van der Waals surface area contributed by atoms with Gasteiger partial charge in [-0.3, -0.25) is 4.99 Å². The van der Waals surface area contributed by atoms with Crippen LogP contribution in [0.25, 0.3) is 16.7 Å². The van der Waals surface area contributed by atoms with E-state index in [4.69, 9.17) is 0 Å². The van der Waals surface area contributed by atoms with Crippen LogP contribution in [0, 0.1) is 6.92 Å². The molecule has 0 fully saturated rings. The van der Waals surface area contributed by atoms with Gasteiger partial charge in [-0.1, -0.05) is 24.3 Å². The molecule has 0 amide bonds. The normalized spacial score (nSPS) is 11.7. The maximum absolute atomic E-state index is 4.63. The first-order valence-electron chi connectivity index (χ1n) is 10.2. The van der Waals surface area contributed by atoms with Crippen LogP contribution in [-0.4, -0.2) is 38.9 Å². The predicted molar refractivity (Wildman–Crippen MR) is 121 cm³/mol. The summed E-state index contributed by atoms with van der Waals surface area (Å²) in [7, 11) is 1.79. The highest BCUT2D eigenvalue weighted by Gasteiger charge is 2.06. The minimum atomic E-state index is 0.694. The van der Waals surface area contributed by atoms with E-state index >= 15 is 0 Å². The number of imidazole rings is 1. The van der Waals surface area contributed by atoms with Gasteiger partial charge in [0, 0.05) is 39.1 Å². The summed E-state index contributed by atoms with van der Waals surface area (Å²) < 4.78 is 4.13. The van der Waals surface area contributed by atoms with E-state index in [9.17, 15) is 0 Å². The van der Waals surface area contributed by atoms with E-state index in [1.54, 1.807) is 13.2 Å². The van der Waals surface area contributed by atoms with E-state index in [2.05, 4.69) is 67.5 Å². The van der Waals surface area contributed by atoms with Crippen molar-refractivity contribution in [3.63, 3.8) is 0 Å². The molecular formula is C23H27N7. The van der Waals surface area contributed by atoms with E-state index in [-0.39, 0.29) is 0 Å². The molecule has 7 heteroatoms. The molecular weight excluding hydrogens is 374 g/mol. The van der Waals surface area contributed by atoms with Gasteiger partial charge in [-0.05, 0) is 49.2 Å². The van der Waals surface area contributed by atoms with Gasteiger partial charge >= 0.3 is 0 Å². The highest BCUT2D eigenvalue weighted by Crippen LogP contribution is 2.15. The molecule has 0 saturated carbocycles. The van der Waals surface area contributed by atoms with Crippen LogP contribution in [0.15, 0.2) is 72.0 Å². The summed E-state index contributed by atoms with van der Waals surface area (Å²) in [6.45, 7) is 4.51. The first-order chi connectivity index (χ1) is 14.7. The summed E-state index contributed by atoms with van der Waals surface area (Å²) in [5.41, 5.74) is 4.46. The average molecular weight is 402 g/mol. The van der Waals surface area contributed by atoms with Gasteiger partial charge in [-0.15, -0.1) is 0 Å². The Kier molecular flexibility index (Phi) is 6.08. The monoisotopic (exact) mass is 401 g/mol. The molecule has 0 aliphatic carbocycles. The second-order valence-electron chi connectivity index (χ2n) is 7.13. The molecule has 0 bridgehead atoms. The fraction of sp³-hybridized carbons (Fsp3) is 0.261. The Bertz CT molecular complexity index is 1130. The third kappa shape index (κ3) is 4.51. The van der Waals surface area contributed by atoms with E-state index < -0.39 is 0 Å². The van der Waals surface area contributed by atoms with Crippen molar-refractivity contribution in [3.8, 4) is 5.69 Å². The summed E-state index contributed by atoms with van der Waals surface area (Å²) in [5, 5.41) is 11.1. The Balaban J connectivity index is 1.27. The van der Waals surface area contributed by atoms with Gasteiger partial charge in [-0.25, -0.2) is 9.67 Å². The molecule has 0 aliphatic heterocycles. The summed E-state index contributed by atoms with van der Waals surface area (Å²) in [6, 6.07) is 18.5. The largest absolute Gasteiger partial charge is 0.356 e. The third-order valence-corrected chi connectivity index (χ3v) is 5.06. The molecule has 0 aliphatic rings. The highest BCUT2D eigenvalue weighted by molar-refractivity contribution is 5.79. The number of guanidine groups is 1. The zero-order valence-electron chi connectivity index (χ0n) is 17.4. The van der Waals surface area contributed by atoms with Gasteiger partial charge < -0.3 is 15.2 Å². The minimum absolute atomic E-state index is 0.694. The molecule has 0 atom stereocenters. The number of aromatic nitrogens is 4. The van der Waals surface area contributed by atoms with E-state index in [0.717, 1.165) is 42.5 Å². The molecule has 2 aromatic carbocycles. The standard InChI is InChI=1S/C23H27N7/c1-18-28-21-10-3-4-11-22(21)29(18)14-6-12-25-23(24-2)26-17-19-8-5-9-20(16-19)30-15-7-13-27-30/h3-5,7-11,13,15-16H,6,12,14,17H2,1-2H3,(H2,24,25,26). The van der Waals surface area contributed by atoms with Crippen LogP contribution in [-0.2, 0) is 13.1 Å². The lowest BCUT2D eigenvalue weighted by molar-refractivity contribution is 0.624. The van der Waals surface area contributed by atoms with Crippen LogP contribution < -0.4 is 10.6 Å². The van der Waals surface area contributed by atoms with Crippen LogP contribution in [0.5, 0.6) is 0 Å². The fourth-order valence-corrected chi connectivity index (χ4v) is 3.56. The number of hydrogen-bond donors (Lipinski definition) is 2. The van der Waals surface area contributed by atoms with Crippen molar-refractivity contribution < 1.29 is 0 Å². The molecule has 4 aromatic rings. The zero-order chi connectivity index (χ0) is 20.8. The molecule has 30 heavy (non-hydrogen) atoms. The average Bonchev–Trinajstić information content (AvgIpc) is 3.41. The van der Waals surface area contributed by atoms with Crippen molar-refractivity contribution in [2.45, 2.75) is 26.4 Å². The van der Waals surface area contributed by atoms with Crippen molar-refractivity contribution >= 4 is 17.0 Å². The summed E-state index contributed by atoms with van der Waals surface area (Å²) in [6.07, 6.45) is 4.71. The van der Waals surface area contributed by atoms with Crippen LogP contribution in [0.2, 0.25) is 0 Å². The van der Waals surface area contributed by atoms with Gasteiger partial charge in [0.05, 0.1) is 16.7 Å². The molecule has 4 rings (SSSR count). The summed E-state index contributed by atoms with van der Waals surface area (Å²) in [4.78, 5) is 8.97. The van der Waals surface area contributed by atoms with Gasteiger partial charge in [0.15, 0.2) is 5.96 Å². The molecule has 0 unspecified atom stereocenters. The Morgan fingerprint density at radius 2 is 1.97 bits per heavy atom. The number of nitrogens with one attached hydrogen (secondary N) is 2. The first-order valence-corrected chi connectivity index (χ1v) is 10.2. The second-order valence-corrected chi connectivity index (χ2v) is 7.13. The summed E-state index contributed by atoms with van der Waals surface area (Å²) in [5.74, 6) is 1.85. The minimum Gasteiger partial charge on any atom is -0.356 e. The topological polar surface area (TPSA) is 72.1 Å². The van der Waals surface area contributed by atoms with Crippen LogP contribution >= 0.6 is 0 Å². The molecule has 0 radical (unpaired) electrons. The second kappa shape index (κ2) is 9.26. The van der Waals surface area contributed by atoms with Crippen molar-refractivity contribution in [2.24, 2.45) is 4.99 Å². The Morgan fingerprint density at radius 3 is 2.80 bits per heavy atom. The SMILES string of the molecule is CN=C(NCCCn1c(C)nc2ccccc21)NCc1cccc(-n2cccn2)c1. The van der Waals surface area contributed by atoms with Crippen LogP contribution in [0.3, 0.4) is 0 Å². The smallest absolute Gasteiger partial charge is 0.191 e. The molecule has 154 valence electrons. The molecule has 2 heterocycles. The quantitative estimate of drug-likeness (QED) is 0.283. The zero-order valence-corrected chi connectivity index (χ0v) is 17.4. The van der Waals surface area contributed by atoms with Crippen LogP contribution in [0.4, 0.5) is 0 Å². The van der Waals surface area contributed by atoms with E-state index in [1.165, 1.54) is 11.1 Å². The lowest BCUT2D eigenvalue weighted by Crippen LogP contribution is -2.37. The van der Waals surface area contributed by atoms with Crippen molar-refractivity contribution in [2.75, 3.05) is 13.6 Å². The first kappa shape index (κ1) is 19.7. The maximum Gasteiger partial charge on any atom is 0.191 e. The van der Waals surface area contributed by atoms with Gasteiger partial charge in [0.25, 0.3) is 0 Å². The number of hydrogen-bond acceptors (Lipinski definition) is 3. The van der Waals surface area contributed by atoms with Crippen molar-refractivity contribution in [3.05, 3.63) is 78.4 Å². The molecule has 7 nitrogen and oxygen atoms in total. The number of rotatable bonds is 7. The Labute approximate surface area is 176 Å². The van der Waals surface area contributed by atoms with E-state index in [1.807, 2.05) is 35.1 Å². The van der Waals surface area contributed by atoms with Gasteiger partial charge in [0.2, 0.25) is 0 Å². The lowest BCUT2D eigenvalue weighted by Gasteiger charge is -2.13. The molecule has 2 N–H and O–H groups in total.